The van der Waals surface area contributed by atoms with Crippen LogP contribution in [0.2, 0.25) is 0 Å². The summed E-state index contributed by atoms with van der Waals surface area (Å²) in [7, 11) is 0. The van der Waals surface area contributed by atoms with E-state index in [1.807, 2.05) is 5.01 Å². The van der Waals surface area contributed by atoms with Gasteiger partial charge in [-0.1, -0.05) is 0 Å². The third-order valence-electron chi connectivity index (χ3n) is 17.1. The minimum Gasteiger partial charge on any atom is -0.396 e. The van der Waals surface area contributed by atoms with Crippen LogP contribution in [0.25, 0.3) is 0 Å². The first-order chi connectivity index (χ1) is 42.7. The molecule has 0 atom stereocenters. The molecule has 10 saturated heterocycles. The molecular formula is C61H146N24O2. The summed E-state index contributed by atoms with van der Waals surface area (Å²) < 4.78 is 0. The molecule has 10 aliphatic heterocycles. The molecule has 28 N–H and O–H groups in total. The standard InChI is InChI=1S/C8H18N2.C7H17N3.C7H16N2O.C7H16N2.C6H15N3.C6H14N2O.C6H14N2.C5H13N3.C5H12N2.C4H11N3/c9-5-1-2-8-3-6-10-7-4-8;8-2-1-5-10-6-3-9-4-7-10;10-7-1-4-9-5-2-8-3-6-9;8-4-1-7-2-5-9-6-3-7;7-1-4-9-5-2-8-3-6-9;9-6-5-8-3-1-7-2-4-8;7-5-6-1-3-8-4-2-6;6-5-8-3-1-7-2-4-8;6-5-1-3-7-4-2-5;5-7-3-1-6-2-4-7/h8,10H,1-7,9H2;9H,1-8H2;8,10H,1-7H2;7,9H,1-6,8H2;8H,1-7H2;7,9H,1-6H2;6,8H,1-5,7H2;7H,1-6H2;5,7H,1-4,6H2;6H,1-5H2. The topological polar surface area (TPSA) is 388 Å². The fraction of sp³-hybridized carbons (Fsp3) is 1.00. The molecular weight excluding hydrogens is 1100 g/mol. The Morgan fingerprint density at radius 3 is 0.897 bits per heavy atom. The molecule has 0 amide bonds. The fourth-order valence-electron chi connectivity index (χ4n) is 11.2. The lowest BCUT2D eigenvalue weighted by atomic mass is 9.93. The van der Waals surface area contributed by atoms with E-state index >= 15 is 0 Å². The Morgan fingerprint density at radius 1 is 0.299 bits per heavy atom. The number of nitrogens with two attached hydrogens (primary N) is 8. The van der Waals surface area contributed by atoms with Gasteiger partial charge in [-0.05, 0) is 186 Å². The van der Waals surface area contributed by atoms with Crippen molar-refractivity contribution in [3.8, 4) is 0 Å². The minimum atomic E-state index is 0.292. The largest absolute Gasteiger partial charge is 0.396 e. The zero-order valence-electron chi connectivity index (χ0n) is 55.8. The van der Waals surface area contributed by atoms with Gasteiger partial charge >= 0.3 is 0 Å². The van der Waals surface area contributed by atoms with Crippen molar-refractivity contribution in [2.45, 2.75) is 89.5 Å². The molecule has 0 spiro atoms. The number of piperidine rings is 4. The van der Waals surface area contributed by atoms with E-state index in [0.717, 1.165) is 253 Å². The third kappa shape index (κ3) is 54.1. The van der Waals surface area contributed by atoms with Crippen LogP contribution in [0.1, 0.15) is 83.5 Å². The molecule has 10 heterocycles. The Balaban J connectivity index is 0.000000484. The maximum atomic E-state index is 8.56. The van der Waals surface area contributed by atoms with Crippen molar-refractivity contribution in [1.82, 2.24) is 82.7 Å². The van der Waals surface area contributed by atoms with Crippen LogP contribution in [0.4, 0.5) is 0 Å². The van der Waals surface area contributed by atoms with E-state index in [1.165, 1.54) is 117 Å². The van der Waals surface area contributed by atoms with Gasteiger partial charge in [0.2, 0.25) is 0 Å². The monoisotopic (exact) mass is 1250 g/mol. The Bertz CT molecular complexity index is 1160. The molecule has 0 unspecified atom stereocenters. The number of aliphatic hydroxyl groups is 2. The number of β-amino-alcohol motifs (C(OH)–C–C–N with tert-alkyl or cyclic N) is 1. The van der Waals surface area contributed by atoms with Crippen LogP contribution in [0.15, 0.2) is 0 Å². The zero-order chi connectivity index (χ0) is 63.1. The highest BCUT2D eigenvalue weighted by Gasteiger charge is 2.14. The van der Waals surface area contributed by atoms with Gasteiger partial charge in [0.1, 0.15) is 0 Å². The maximum Gasteiger partial charge on any atom is 0.0558 e. The van der Waals surface area contributed by atoms with Crippen LogP contribution in [-0.4, -0.2) is 334 Å². The van der Waals surface area contributed by atoms with Crippen LogP contribution in [-0.2, 0) is 0 Å². The van der Waals surface area contributed by atoms with Gasteiger partial charge in [-0.3, -0.25) is 20.5 Å². The third-order valence-corrected chi connectivity index (χ3v) is 17.1. The Morgan fingerprint density at radius 2 is 0.621 bits per heavy atom. The molecule has 0 aromatic carbocycles. The van der Waals surface area contributed by atoms with E-state index < -0.39 is 0 Å². The van der Waals surface area contributed by atoms with Gasteiger partial charge in [-0.25, -0.2) is 5.01 Å². The maximum absolute atomic E-state index is 8.56. The van der Waals surface area contributed by atoms with Crippen molar-refractivity contribution in [2.75, 3.05) is 288 Å². The number of hydrogen-bond acceptors (Lipinski definition) is 26. The van der Waals surface area contributed by atoms with Crippen molar-refractivity contribution in [3.05, 3.63) is 0 Å². The molecule has 87 heavy (non-hydrogen) atoms. The summed E-state index contributed by atoms with van der Waals surface area (Å²) in [6.45, 7) is 45.6. The van der Waals surface area contributed by atoms with Gasteiger partial charge in [0.05, 0.1) is 6.61 Å². The van der Waals surface area contributed by atoms with Crippen LogP contribution in [0, 0.1) is 17.8 Å². The van der Waals surface area contributed by atoms with Gasteiger partial charge in [0.25, 0.3) is 0 Å². The average molecular weight is 1250 g/mol. The number of nitrogens with one attached hydrogen (secondary N) is 10. The molecule has 0 aromatic rings. The molecule has 0 saturated carbocycles. The highest BCUT2D eigenvalue weighted by atomic mass is 16.3. The lowest BCUT2D eigenvalue weighted by Crippen LogP contribution is -2.47. The lowest BCUT2D eigenvalue weighted by Gasteiger charge is -2.26. The normalized spacial score (nSPS) is 22.7. The van der Waals surface area contributed by atoms with E-state index in [2.05, 4.69) is 77.7 Å². The SMILES string of the molecule is NC1CCNCC1.NCC1CCNCC1.NCCC1CCNCC1.NCCCC1CCNCC1.NCCCN1CCNCC1.NCCN1CCNCC1.NCN1CCNCC1.NN1CCNCC1.OCCCN1CCNCC1.OCCN1CCNCC1. The molecule has 26 heteroatoms. The molecule has 10 fully saturated rings. The Hall–Kier alpha value is -1.04. The summed E-state index contributed by atoms with van der Waals surface area (Å²) in [6.07, 6.45) is 16.1. The van der Waals surface area contributed by atoms with E-state index in [0.29, 0.717) is 25.9 Å². The summed E-state index contributed by atoms with van der Waals surface area (Å²) in [5.74, 6) is 8.11. The molecule has 26 nitrogen and oxygen atoms in total. The van der Waals surface area contributed by atoms with Gasteiger partial charge < -0.3 is 113 Å². The molecule has 10 rings (SSSR count). The summed E-state index contributed by atoms with van der Waals surface area (Å²) >= 11 is 0. The summed E-state index contributed by atoms with van der Waals surface area (Å²) in [5.41, 5.74) is 38.1. The van der Waals surface area contributed by atoms with Crippen molar-refractivity contribution in [1.29, 1.82) is 0 Å². The van der Waals surface area contributed by atoms with Gasteiger partial charge in [-0.15, -0.1) is 0 Å². The number of aliphatic hydroxyl groups excluding tert-OH is 2. The highest BCUT2D eigenvalue weighted by Crippen LogP contribution is 2.17. The van der Waals surface area contributed by atoms with Crippen molar-refractivity contribution in [3.63, 3.8) is 0 Å². The zero-order valence-corrected chi connectivity index (χ0v) is 55.8. The molecule has 0 aromatic heterocycles. The fourth-order valence-corrected chi connectivity index (χ4v) is 11.2. The van der Waals surface area contributed by atoms with Crippen LogP contribution >= 0.6 is 0 Å². The molecule has 0 radical (unpaired) electrons. The first-order valence-corrected chi connectivity index (χ1v) is 35.1. The van der Waals surface area contributed by atoms with E-state index in [4.69, 9.17) is 56.2 Å². The number of hydrazine groups is 1. The predicted molar refractivity (Wildman–Crippen MR) is 369 cm³/mol. The van der Waals surface area contributed by atoms with Crippen LogP contribution < -0.4 is 99.1 Å². The summed E-state index contributed by atoms with van der Waals surface area (Å²) in [6, 6.07) is 0.473. The molecule has 522 valence electrons. The van der Waals surface area contributed by atoms with Crippen molar-refractivity contribution in [2.24, 2.45) is 63.7 Å². The Labute approximate surface area is 532 Å². The number of piperazine rings is 6. The summed E-state index contributed by atoms with van der Waals surface area (Å²) in [4.78, 5) is 11.7. The summed E-state index contributed by atoms with van der Waals surface area (Å²) in [5, 5.41) is 51.8. The Kier molecular flexibility index (Phi) is 62.8. The second-order valence-corrected chi connectivity index (χ2v) is 24.3. The second-order valence-electron chi connectivity index (χ2n) is 24.3. The van der Waals surface area contributed by atoms with E-state index in [-0.39, 0.29) is 0 Å². The van der Waals surface area contributed by atoms with Gasteiger partial charge in [0, 0.05) is 203 Å². The average Bonchev–Trinajstić information content (AvgIpc) is 3.59. The van der Waals surface area contributed by atoms with Crippen molar-refractivity contribution >= 4 is 0 Å². The number of rotatable bonds is 17. The van der Waals surface area contributed by atoms with E-state index in [1.54, 1.807) is 0 Å². The molecule has 10 aliphatic rings. The van der Waals surface area contributed by atoms with E-state index in [9.17, 15) is 0 Å². The first kappa shape index (κ1) is 84.0. The lowest BCUT2D eigenvalue weighted by molar-refractivity contribution is 0.180. The second kappa shape index (κ2) is 65.0. The van der Waals surface area contributed by atoms with Crippen LogP contribution in [0.5, 0.6) is 0 Å². The smallest absolute Gasteiger partial charge is 0.0558 e. The number of nitrogens with zero attached hydrogens (tertiary/aromatic N) is 6. The number of hydrogen-bond donors (Lipinski definition) is 20. The molecule has 0 bridgehead atoms. The predicted octanol–water partition coefficient (Wildman–Crippen LogP) is -5.48. The minimum absolute atomic E-state index is 0.292. The van der Waals surface area contributed by atoms with Gasteiger partial charge in [0.15, 0.2) is 0 Å². The van der Waals surface area contributed by atoms with Crippen molar-refractivity contribution < 1.29 is 10.2 Å². The quantitative estimate of drug-likeness (QED) is 0.0604. The highest BCUT2D eigenvalue weighted by molar-refractivity contribution is 4.74. The first-order valence-electron chi connectivity index (χ1n) is 35.1. The molecule has 0 aliphatic carbocycles. The van der Waals surface area contributed by atoms with Crippen LogP contribution in [0.3, 0.4) is 0 Å². The van der Waals surface area contributed by atoms with Gasteiger partial charge in [-0.2, -0.15) is 0 Å².